The molecule has 0 saturated heterocycles. The number of hydrogen-bond acceptors (Lipinski definition) is 3. The van der Waals surface area contributed by atoms with Crippen LogP contribution in [0.5, 0.6) is 0 Å². The zero-order valence-corrected chi connectivity index (χ0v) is 9.03. The molecule has 66 valence electrons. The van der Waals surface area contributed by atoms with Gasteiger partial charge in [-0.15, -0.1) is 0 Å². The molecule has 0 unspecified atom stereocenters. The van der Waals surface area contributed by atoms with Crippen molar-refractivity contribution in [1.29, 1.82) is 0 Å². The first-order chi connectivity index (χ1) is 5.41. The van der Waals surface area contributed by atoms with Gasteiger partial charge in [0.2, 0.25) is 5.28 Å². The lowest BCUT2D eigenvalue weighted by Gasteiger charge is -2.08. The summed E-state index contributed by atoms with van der Waals surface area (Å²) in [5.41, 5.74) is 0. The van der Waals surface area contributed by atoms with E-state index in [1.54, 1.807) is 13.3 Å². The number of halogens is 2. The molecule has 0 radical (unpaired) electrons. The molecule has 0 aliphatic carbocycles. The van der Waals surface area contributed by atoms with Crippen LogP contribution in [0.15, 0.2) is 6.20 Å². The third kappa shape index (κ3) is 2.27. The molecule has 0 spiro atoms. The van der Waals surface area contributed by atoms with Crippen molar-refractivity contribution in [3.05, 3.63) is 16.6 Å². The van der Waals surface area contributed by atoms with E-state index in [0.29, 0.717) is 5.30 Å². The van der Waals surface area contributed by atoms with E-state index in [1.165, 1.54) is 6.20 Å². The summed E-state index contributed by atoms with van der Waals surface area (Å²) in [4.78, 5) is 17.1. The van der Waals surface area contributed by atoms with E-state index in [1.807, 2.05) is 0 Å². The second kappa shape index (κ2) is 3.43. The highest BCUT2D eigenvalue weighted by molar-refractivity contribution is 7.76. The van der Waals surface area contributed by atoms with E-state index in [4.69, 9.17) is 23.2 Å². The fourth-order valence-electron chi connectivity index (χ4n) is 0.702. The van der Waals surface area contributed by atoms with E-state index in [-0.39, 0.29) is 10.4 Å². The van der Waals surface area contributed by atoms with Crippen molar-refractivity contribution in [1.82, 2.24) is 9.97 Å². The summed E-state index contributed by atoms with van der Waals surface area (Å²) in [5.74, 6) is 0. The summed E-state index contributed by atoms with van der Waals surface area (Å²) >= 11 is 11.2. The quantitative estimate of drug-likeness (QED) is 0.449. The van der Waals surface area contributed by atoms with Gasteiger partial charge in [0.25, 0.3) is 0 Å². The molecule has 12 heavy (non-hydrogen) atoms. The summed E-state index contributed by atoms with van der Waals surface area (Å²) in [6.45, 7) is 3.43. The molecule has 0 atom stereocenters. The van der Waals surface area contributed by atoms with Crippen LogP contribution in [0.4, 0.5) is 0 Å². The van der Waals surface area contributed by atoms with Crippen molar-refractivity contribution < 1.29 is 4.89 Å². The van der Waals surface area contributed by atoms with E-state index in [2.05, 4.69) is 9.97 Å². The molecule has 1 heterocycles. The predicted molar refractivity (Wildman–Crippen MR) is 52.7 cm³/mol. The van der Waals surface area contributed by atoms with Gasteiger partial charge in [-0.05, 0) is 11.6 Å². The Morgan fingerprint density at radius 1 is 1.42 bits per heavy atom. The van der Waals surface area contributed by atoms with E-state index in [0.717, 1.165) is 0 Å². The van der Waals surface area contributed by atoms with Crippen LogP contribution in [-0.4, -0.2) is 28.2 Å². The molecule has 0 amide bonds. The van der Waals surface area contributed by atoms with Crippen LogP contribution in [0.2, 0.25) is 10.4 Å². The standard InChI is InChI=1S/C6H8Cl2N2OP/c1-12(2,11)4-3-9-6(8)10-5(4)7/h3,11H,1-2H3/q+1. The minimum absolute atomic E-state index is 0.0946. The van der Waals surface area contributed by atoms with Crippen LogP contribution in [0.1, 0.15) is 0 Å². The van der Waals surface area contributed by atoms with Gasteiger partial charge in [-0.25, -0.2) is 14.9 Å². The second-order valence-electron chi connectivity index (χ2n) is 2.71. The molecular formula is C6H8Cl2N2OP+. The average Bonchev–Trinajstić information content (AvgIpc) is 1.83. The minimum Gasteiger partial charge on any atom is -0.247 e. The fourth-order valence-corrected chi connectivity index (χ4v) is 2.47. The van der Waals surface area contributed by atoms with Gasteiger partial charge < -0.3 is 0 Å². The Morgan fingerprint density at radius 3 is 2.42 bits per heavy atom. The number of aromatic nitrogens is 2. The first-order valence-corrected chi connectivity index (χ1v) is 6.56. The van der Waals surface area contributed by atoms with Crippen LogP contribution >= 0.6 is 30.7 Å². The third-order valence-corrected chi connectivity index (χ3v) is 3.39. The molecule has 6 heteroatoms. The fraction of sp³-hybridized carbons (Fsp3) is 0.333. The number of rotatable bonds is 1. The molecule has 0 aromatic carbocycles. The Morgan fingerprint density at radius 2 is 2.00 bits per heavy atom. The van der Waals surface area contributed by atoms with Gasteiger partial charge in [0, 0.05) is 0 Å². The summed E-state index contributed by atoms with van der Waals surface area (Å²) < 4.78 is 0. The zero-order chi connectivity index (χ0) is 9.35. The van der Waals surface area contributed by atoms with Gasteiger partial charge >= 0.3 is 0 Å². The Balaban J connectivity index is 3.19. The Bertz CT molecular complexity index is 300. The van der Waals surface area contributed by atoms with Gasteiger partial charge in [-0.2, -0.15) is 0 Å². The zero-order valence-electron chi connectivity index (χ0n) is 6.62. The van der Waals surface area contributed by atoms with Crippen LogP contribution in [-0.2, 0) is 0 Å². The van der Waals surface area contributed by atoms with Crippen molar-refractivity contribution in [2.24, 2.45) is 0 Å². The molecular weight excluding hydrogens is 218 g/mol. The highest BCUT2D eigenvalue weighted by atomic mass is 35.5. The average molecular weight is 226 g/mol. The van der Waals surface area contributed by atoms with Crippen LogP contribution in [0, 0.1) is 0 Å². The van der Waals surface area contributed by atoms with Crippen molar-refractivity contribution in [2.75, 3.05) is 13.3 Å². The maximum atomic E-state index is 9.66. The normalized spacial score (nSPS) is 11.8. The Hall–Kier alpha value is 0.0500. The van der Waals surface area contributed by atoms with Crippen LogP contribution in [0.25, 0.3) is 0 Å². The molecule has 0 bridgehead atoms. The van der Waals surface area contributed by atoms with Gasteiger partial charge in [-0.1, -0.05) is 11.6 Å². The monoisotopic (exact) mass is 225 g/mol. The smallest absolute Gasteiger partial charge is 0.224 e. The third-order valence-electron chi connectivity index (χ3n) is 1.28. The molecule has 0 aliphatic rings. The summed E-state index contributed by atoms with van der Waals surface area (Å²) in [6, 6.07) is 0. The molecule has 0 fully saturated rings. The Kier molecular flexibility index (Phi) is 2.89. The highest BCUT2D eigenvalue weighted by Gasteiger charge is 2.29. The van der Waals surface area contributed by atoms with Crippen molar-refractivity contribution in [2.45, 2.75) is 0 Å². The Labute approximate surface area is 81.2 Å². The first-order valence-electron chi connectivity index (χ1n) is 3.16. The lowest BCUT2D eigenvalue weighted by Crippen LogP contribution is -2.12. The summed E-state index contributed by atoms with van der Waals surface area (Å²) in [6.07, 6.45) is 1.46. The lowest BCUT2D eigenvalue weighted by atomic mass is 10.7. The number of nitrogens with zero attached hydrogens (tertiary/aromatic N) is 2. The molecule has 1 aromatic heterocycles. The van der Waals surface area contributed by atoms with Crippen LogP contribution in [0.3, 0.4) is 0 Å². The van der Waals surface area contributed by atoms with Crippen molar-refractivity contribution in [3.63, 3.8) is 0 Å². The number of hydrogen-bond donors (Lipinski definition) is 1. The lowest BCUT2D eigenvalue weighted by molar-refractivity contribution is 0.624. The van der Waals surface area contributed by atoms with E-state index >= 15 is 0 Å². The van der Waals surface area contributed by atoms with E-state index < -0.39 is 7.49 Å². The summed E-state index contributed by atoms with van der Waals surface area (Å²) in [7, 11) is -2.14. The minimum atomic E-state index is -2.14. The molecule has 1 N–H and O–H groups in total. The molecule has 3 nitrogen and oxygen atoms in total. The maximum Gasteiger partial charge on any atom is 0.224 e. The predicted octanol–water partition coefficient (Wildman–Crippen LogP) is 1.59. The second-order valence-corrected chi connectivity index (χ2v) is 6.68. The van der Waals surface area contributed by atoms with Crippen molar-refractivity contribution in [3.8, 4) is 0 Å². The summed E-state index contributed by atoms with van der Waals surface area (Å²) in [5, 5.41) is 0.904. The highest BCUT2D eigenvalue weighted by Crippen LogP contribution is 2.45. The molecule has 1 rings (SSSR count). The van der Waals surface area contributed by atoms with E-state index in [9.17, 15) is 4.89 Å². The van der Waals surface area contributed by atoms with Gasteiger partial charge in [0.05, 0.1) is 19.5 Å². The topological polar surface area (TPSA) is 46.0 Å². The van der Waals surface area contributed by atoms with Gasteiger partial charge in [0.1, 0.15) is 0 Å². The SMILES string of the molecule is C[P+](C)(O)c1cnc(Cl)nc1Cl. The molecule has 1 aromatic rings. The largest absolute Gasteiger partial charge is 0.247 e. The van der Waals surface area contributed by atoms with Gasteiger partial charge in [0.15, 0.2) is 17.9 Å². The molecule has 0 aliphatic heterocycles. The van der Waals surface area contributed by atoms with Gasteiger partial charge in [-0.3, -0.25) is 0 Å². The maximum absolute atomic E-state index is 9.66. The van der Waals surface area contributed by atoms with Crippen molar-refractivity contribution >= 4 is 36.0 Å². The van der Waals surface area contributed by atoms with Crippen LogP contribution < -0.4 is 5.30 Å². The first kappa shape index (κ1) is 10.1. The molecule has 0 saturated carbocycles.